The molecule has 1 fully saturated rings. The summed E-state index contributed by atoms with van der Waals surface area (Å²) in [7, 11) is -10.9. The van der Waals surface area contributed by atoms with Gasteiger partial charge >= 0.3 is 15.6 Å². The summed E-state index contributed by atoms with van der Waals surface area (Å²) in [5.41, 5.74) is 6.06. The Balaban J connectivity index is 0.00000363. The molecule has 0 aromatic carbocycles. The minimum atomic E-state index is -5.58. The number of aliphatic hydroxyl groups is 2. The number of hydrogen-bond acceptors (Lipinski definition) is 13. The van der Waals surface area contributed by atoms with Gasteiger partial charge in [0.25, 0.3) is 0 Å². The molecule has 11 N–H and O–H groups in total. The lowest BCUT2D eigenvalue weighted by Gasteiger charge is -2.29. The highest BCUT2D eigenvalue weighted by molar-refractivity contribution is 7.84. The van der Waals surface area contributed by atoms with Crippen LogP contribution in [0.3, 0.4) is 0 Å². The molecule has 2 aromatic heterocycles. The second-order valence-electron chi connectivity index (χ2n) is 6.09. The summed E-state index contributed by atoms with van der Waals surface area (Å²) in [4.78, 5) is 38.0. The van der Waals surface area contributed by atoms with Crippen LogP contribution in [0.2, 0.25) is 0 Å². The number of anilines is 1. The summed E-state index contributed by atoms with van der Waals surface area (Å²) in [5.74, 6) is 0.0591. The summed E-state index contributed by atoms with van der Waals surface area (Å²) in [5, 5.41) is 20.5. The molecule has 3 heterocycles. The van der Waals surface area contributed by atoms with Gasteiger partial charge in [-0.15, -0.1) is 0 Å². The number of nitrogen functional groups attached to an aromatic ring is 1. The second kappa shape index (κ2) is 9.52. The number of fused-ring (bicyclic) bond motifs is 1. The molecule has 18 nitrogen and oxygen atoms in total. The second-order valence-corrected chi connectivity index (χ2v) is 10.6. The minimum absolute atomic E-state index is 0. The van der Waals surface area contributed by atoms with Crippen molar-refractivity contribution in [3.8, 4) is 0 Å². The summed E-state index contributed by atoms with van der Waals surface area (Å²) in [6.07, 6.45) is -3.43. The van der Waals surface area contributed by atoms with Crippen LogP contribution in [0.5, 0.6) is 0 Å². The van der Waals surface area contributed by atoms with Crippen molar-refractivity contribution in [2.24, 2.45) is 0 Å². The molecule has 2 aromatic rings. The maximum Gasteiger partial charge on any atom is 0.485 e. The lowest BCUT2D eigenvalue weighted by molar-refractivity contribution is -0.0479. The Bertz CT molecular complexity index is 1110. The molecule has 0 spiro atoms. The third-order valence-corrected chi connectivity index (χ3v) is 7.76. The summed E-state index contributed by atoms with van der Waals surface area (Å²) in [6, 6.07) is 0. The predicted molar refractivity (Wildman–Crippen MR) is 105 cm³/mol. The van der Waals surface area contributed by atoms with Crippen molar-refractivity contribution in [3.63, 3.8) is 0 Å². The van der Waals surface area contributed by atoms with E-state index in [-0.39, 0.29) is 23.1 Å². The fraction of sp³-hybridized carbons (Fsp3) is 0.500. The number of rotatable bonds is 8. The van der Waals surface area contributed by atoms with Crippen LogP contribution in [-0.2, 0) is 31.6 Å². The first kappa shape index (κ1) is 27.0. The number of aliphatic hydroxyl groups excluding tert-OH is 2. The number of quaternary nitrogens is 1. The lowest BCUT2D eigenvalue weighted by Crippen LogP contribution is -2.33. The van der Waals surface area contributed by atoms with Crippen molar-refractivity contribution in [2.75, 3.05) is 12.3 Å². The number of hydrogen-bond donors (Lipinski definition) is 7. The van der Waals surface area contributed by atoms with E-state index < -0.39 is 54.3 Å². The van der Waals surface area contributed by atoms with Crippen molar-refractivity contribution >= 4 is 47.7 Å². The van der Waals surface area contributed by atoms with Gasteiger partial charge in [0, 0.05) is 0 Å². The number of aromatic nitrogens is 4. The molecule has 2 unspecified atom stereocenters. The maximum atomic E-state index is 12.0. The van der Waals surface area contributed by atoms with Gasteiger partial charge in [0.05, 0.1) is 20.4 Å². The van der Waals surface area contributed by atoms with Crippen LogP contribution in [-0.4, -0.2) is 76.9 Å². The van der Waals surface area contributed by atoms with Gasteiger partial charge in [-0.25, -0.2) is 28.4 Å². The molecule has 32 heavy (non-hydrogen) atoms. The zero-order valence-electron chi connectivity index (χ0n) is 16.1. The third kappa shape index (κ3) is 6.18. The van der Waals surface area contributed by atoms with Gasteiger partial charge in [-0.1, -0.05) is 0 Å². The third-order valence-electron chi connectivity index (χ3n) is 3.84. The smallest absolute Gasteiger partial charge is 0.443 e. The topological polar surface area (TPSA) is 295 Å². The largest absolute Gasteiger partial charge is 0.485 e. The molecule has 0 saturated carbocycles. The Morgan fingerprint density at radius 2 is 1.78 bits per heavy atom. The molecule has 0 aliphatic carbocycles. The van der Waals surface area contributed by atoms with Crippen molar-refractivity contribution < 1.29 is 56.5 Å². The molecule has 0 bridgehead atoms. The number of imidazole rings is 1. The molecule has 1 saturated heterocycles. The van der Waals surface area contributed by atoms with Crippen LogP contribution < -0.4 is 11.9 Å². The minimum Gasteiger partial charge on any atom is -0.443 e. The van der Waals surface area contributed by atoms with E-state index in [0.29, 0.717) is 0 Å². The van der Waals surface area contributed by atoms with E-state index >= 15 is 0 Å². The van der Waals surface area contributed by atoms with Gasteiger partial charge < -0.3 is 58.2 Å². The molecular weight excluding hydrogens is 500 g/mol. The van der Waals surface area contributed by atoms with Crippen LogP contribution in [0.25, 0.3) is 11.2 Å². The zero-order chi connectivity index (χ0) is 23.2. The van der Waals surface area contributed by atoms with Crippen LogP contribution in [0, 0.1) is 0 Å². The van der Waals surface area contributed by atoms with Crippen LogP contribution in [0.1, 0.15) is 6.23 Å². The van der Waals surface area contributed by atoms with Gasteiger partial charge in [0.15, 0.2) is 17.7 Å². The maximum absolute atomic E-state index is 12.0. The molecule has 1 aliphatic heterocycles. The summed E-state index contributed by atoms with van der Waals surface area (Å²) >= 11 is 0. The highest BCUT2D eigenvalue weighted by Crippen LogP contribution is 2.66. The summed E-state index contributed by atoms with van der Waals surface area (Å²) in [6.45, 7) is -0.831. The highest BCUT2D eigenvalue weighted by atomic mass is 31.3. The van der Waals surface area contributed by atoms with Gasteiger partial charge in [-0.05, 0) is 0 Å². The molecule has 3 rings (SSSR count). The van der Waals surface area contributed by atoms with E-state index in [1.807, 2.05) is 0 Å². The van der Waals surface area contributed by atoms with Crippen molar-refractivity contribution in [1.82, 2.24) is 25.7 Å². The normalized spacial score (nSPS) is 27.6. The van der Waals surface area contributed by atoms with Crippen LogP contribution in [0.15, 0.2) is 12.7 Å². The Hall–Kier alpha value is -1.30. The first-order valence-electron chi connectivity index (χ1n) is 7.98. The lowest BCUT2D eigenvalue weighted by atomic mass is 10.1. The molecular formula is C10H19BN6O12P3. The molecule has 179 valence electrons. The van der Waals surface area contributed by atoms with Crippen molar-refractivity contribution in [3.05, 3.63) is 12.7 Å². The Morgan fingerprint density at radius 3 is 2.41 bits per heavy atom. The van der Waals surface area contributed by atoms with E-state index in [4.69, 9.17) is 27.8 Å². The molecule has 22 heteroatoms. The van der Waals surface area contributed by atoms with Gasteiger partial charge in [0.2, 0.25) is 0 Å². The summed E-state index contributed by atoms with van der Waals surface area (Å²) < 4.78 is 52.8. The Kier molecular flexibility index (Phi) is 8.02. The van der Waals surface area contributed by atoms with Gasteiger partial charge in [-0.2, -0.15) is 4.31 Å². The van der Waals surface area contributed by atoms with E-state index in [0.717, 1.165) is 6.33 Å². The van der Waals surface area contributed by atoms with E-state index in [9.17, 15) is 28.8 Å². The Labute approximate surface area is 180 Å². The average Bonchev–Trinajstić information content (AvgIpc) is 3.13. The van der Waals surface area contributed by atoms with Crippen molar-refractivity contribution in [2.45, 2.75) is 24.5 Å². The highest BCUT2D eigenvalue weighted by Gasteiger charge is 2.45. The fourth-order valence-corrected chi connectivity index (χ4v) is 5.80. The van der Waals surface area contributed by atoms with Crippen LogP contribution in [0.4, 0.5) is 5.82 Å². The van der Waals surface area contributed by atoms with Gasteiger partial charge in [0.1, 0.15) is 30.2 Å². The Morgan fingerprint density at radius 1 is 1.12 bits per heavy atom. The molecule has 0 amide bonds. The standard InChI is InChI=1S/C10H15BN5O12P3.H3N/c11-29(19,27-31(23,24)28-30(20,21)22)25-1-4-6(17)7(18)10(26-4)16-3-15-5-8(12)13-2-14-9(5)16;/h2-4,6-7,10,17-18H,1H2,(H,23,24)(H2,12,13,14)(H2,20,21,22);1H3/q-1;/p+1/t4-,6-,7-,10-,29?;/m1./s1. The quantitative estimate of drug-likeness (QED) is 0.161. The number of ether oxygens (including phenoxy) is 1. The van der Waals surface area contributed by atoms with E-state index in [1.165, 1.54) is 10.9 Å². The van der Waals surface area contributed by atoms with Crippen LogP contribution >= 0.6 is 23.1 Å². The zero-order valence-corrected chi connectivity index (χ0v) is 18.7. The SMILES string of the molecule is [B-]P(=O)(OC[C@H]1O[C@@H](n2cnc3c(N)ncnc32)[C@H](O)[C@@H]1O)OP(=O)(O)OP(=O)(O)O.[NH4+]. The number of nitrogens with zero attached hydrogens (tertiary/aromatic N) is 4. The first-order valence-corrected chi connectivity index (χ1v) is 12.6. The first-order chi connectivity index (χ1) is 14.2. The number of nitrogens with two attached hydrogens (primary N) is 1. The monoisotopic (exact) mass is 519 g/mol. The van der Waals surface area contributed by atoms with E-state index in [2.05, 4.69) is 28.1 Å². The molecule has 3 radical (unpaired) electrons. The molecule has 6 atom stereocenters. The van der Waals surface area contributed by atoms with Crippen molar-refractivity contribution in [1.29, 1.82) is 0 Å². The number of phosphoric acid groups is 2. The molecule has 1 aliphatic rings. The van der Waals surface area contributed by atoms with E-state index in [1.54, 1.807) is 0 Å². The average molecular weight is 519 g/mol. The van der Waals surface area contributed by atoms with Gasteiger partial charge in [-0.3, -0.25) is 4.57 Å². The predicted octanol–water partition coefficient (Wildman–Crippen LogP) is -1.08. The fourth-order valence-electron chi connectivity index (χ4n) is 2.65.